The molecule has 0 saturated heterocycles. The molecule has 29 heavy (non-hydrogen) atoms. The van der Waals surface area contributed by atoms with Crippen LogP contribution in [-0.4, -0.2) is 38.7 Å². The van der Waals surface area contributed by atoms with Gasteiger partial charge >= 0.3 is 0 Å². The van der Waals surface area contributed by atoms with Crippen molar-refractivity contribution < 1.29 is 23.8 Å². The first-order valence-electron chi connectivity index (χ1n) is 9.46. The molecule has 0 fully saturated rings. The van der Waals surface area contributed by atoms with Gasteiger partial charge in [0.1, 0.15) is 5.75 Å². The van der Waals surface area contributed by atoms with Crippen LogP contribution in [0.25, 0.3) is 6.08 Å². The Kier molecular flexibility index (Phi) is 6.86. The van der Waals surface area contributed by atoms with Crippen LogP contribution in [0, 0.1) is 0 Å². The molecule has 0 aliphatic carbocycles. The molecular weight excluding hydrogens is 372 g/mol. The summed E-state index contributed by atoms with van der Waals surface area (Å²) in [6, 6.07) is 12.3. The van der Waals surface area contributed by atoms with Crippen LogP contribution in [0.1, 0.15) is 29.3 Å². The first-order chi connectivity index (χ1) is 14.1. The molecular formula is C22H24N2O5. The van der Waals surface area contributed by atoms with Gasteiger partial charge in [-0.1, -0.05) is 18.2 Å². The van der Waals surface area contributed by atoms with Crippen molar-refractivity contribution in [3.8, 4) is 11.5 Å². The maximum atomic E-state index is 12.5. The van der Waals surface area contributed by atoms with Crippen molar-refractivity contribution >= 4 is 23.6 Å². The quantitative estimate of drug-likeness (QED) is 0.529. The van der Waals surface area contributed by atoms with E-state index in [1.807, 2.05) is 25.1 Å². The van der Waals surface area contributed by atoms with Gasteiger partial charge in [-0.05, 0) is 43.7 Å². The third-order valence-corrected chi connectivity index (χ3v) is 4.31. The van der Waals surface area contributed by atoms with Crippen molar-refractivity contribution in [2.24, 2.45) is 0 Å². The lowest BCUT2D eigenvalue weighted by Crippen LogP contribution is -2.27. The summed E-state index contributed by atoms with van der Waals surface area (Å²) in [4.78, 5) is 24.7. The second-order valence-electron chi connectivity index (χ2n) is 6.32. The average Bonchev–Trinajstić information content (AvgIpc) is 2.74. The topological polar surface area (TPSA) is 85.9 Å². The Balaban J connectivity index is 1.71. The minimum atomic E-state index is -0.391. The number of carbonyl (C=O) groups excluding carboxylic acids is 2. The molecule has 2 aromatic carbocycles. The van der Waals surface area contributed by atoms with E-state index in [0.717, 1.165) is 12.0 Å². The Morgan fingerprint density at radius 2 is 2.07 bits per heavy atom. The lowest BCUT2D eigenvalue weighted by atomic mass is 10.1. The maximum absolute atomic E-state index is 12.5. The summed E-state index contributed by atoms with van der Waals surface area (Å²) in [7, 11) is 1.57. The average molecular weight is 396 g/mol. The molecule has 2 amide bonds. The number of ether oxygens (including phenoxy) is 3. The van der Waals surface area contributed by atoms with Crippen LogP contribution < -0.4 is 20.1 Å². The van der Waals surface area contributed by atoms with Gasteiger partial charge in [-0.2, -0.15) is 0 Å². The highest BCUT2D eigenvalue weighted by atomic mass is 16.5. The van der Waals surface area contributed by atoms with E-state index in [-0.39, 0.29) is 11.7 Å². The summed E-state index contributed by atoms with van der Waals surface area (Å²) in [5, 5.41) is 5.61. The zero-order valence-corrected chi connectivity index (χ0v) is 16.5. The number of fused-ring (bicyclic) bond motifs is 1. The molecule has 2 N–H and O–H groups in total. The van der Waals surface area contributed by atoms with Gasteiger partial charge in [-0.25, -0.2) is 0 Å². The Hall–Kier alpha value is -3.32. The molecule has 1 heterocycles. The van der Waals surface area contributed by atoms with E-state index in [9.17, 15) is 9.59 Å². The number of rotatable bonds is 8. The van der Waals surface area contributed by atoms with Crippen LogP contribution in [0.2, 0.25) is 0 Å². The Morgan fingerprint density at radius 1 is 1.24 bits per heavy atom. The van der Waals surface area contributed by atoms with Crippen molar-refractivity contribution in [3.63, 3.8) is 0 Å². The number of hydrogen-bond donors (Lipinski definition) is 2. The van der Waals surface area contributed by atoms with E-state index in [1.54, 1.807) is 37.5 Å². The minimum absolute atomic E-state index is 0.148. The Bertz CT molecular complexity index is 923. The SMILES string of the molecule is CCOCCCNC(=O)c1ccc2c(c1)NC(=O)C(=Cc1ccccc1OC)O2. The van der Waals surface area contributed by atoms with E-state index in [1.165, 1.54) is 0 Å². The summed E-state index contributed by atoms with van der Waals surface area (Å²) in [5.41, 5.74) is 1.63. The van der Waals surface area contributed by atoms with Crippen molar-refractivity contribution in [3.05, 3.63) is 59.4 Å². The molecule has 1 aliphatic heterocycles. The number of hydrogen-bond acceptors (Lipinski definition) is 5. The third kappa shape index (κ3) is 5.14. The van der Waals surface area contributed by atoms with Crippen molar-refractivity contribution in [1.29, 1.82) is 0 Å². The normalized spacial score (nSPS) is 14.0. The van der Waals surface area contributed by atoms with Crippen LogP contribution in [0.4, 0.5) is 5.69 Å². The fourth-order valence-electron chi connectivity index (χ4n) is 2.85. The first kappa shape index (κ1) is 20.4. The van der Waals surface area contributed by atoms with E-state index in [2.05, 4.69) is 10.6 Å². The Morgan fingerprint density at radius 3 is 2.86 bits per heavy atom. The zero-order valence-electron chi connectivity index (χ0n) is 16.5. The smallest absolute Gasteiger partial charge is 0.291 e. The molecule has 7 heteroatoms. The highest BCUT2D eigenvalue weighted by molar-refractivity contribution is 6.09. The molecule has 0 unspecified atom stereocenters. The van der Waals surface area contributed by atoms with Crippen LogP contribution in [0.3, 0.4) is 0 Å². The molecule has 7 nitrogen and oxygen atoms in total. The monoisotopic (exact) mass is 396 g/mol. The van der Waals surface area contributed by atoms with Gasteiger partial charge in [0.2, 0.25) is 0 Å². The van der Waals surface area contributed by atoms with Crippen LogP contribution in [0.15, 0.2) is 48.2 Å². The first-order valence-corrected chi connectivity index (χ1v) is 9.46. The number of carbonyl (C=O) groups is 2. The molecule has 1 aliphatic rings. The minimum Gasteiger partial charge on any atom is -0.496 e. The van der Waals surface area contributed by atoms with Gasteiger partial charge in [0.25, 0.3) is 11.8 Å². The molecule has 0 radical (unpaired) electrons. The van der Waals surface area contributed by atoms with E-state index in [4.69, 9.17) is 14.2 Å². The lowest BCUT2D eigenvalue weighted by molar-refractivity contribution is -0.115. The lowest BCUT2D eigenvalue weighted by Gasteiger charge is -2.20. The van der Waals surface area contributed by atoms with Crippen LogP contribution in [0.5, 0.6) is 11.5 Å². The summed E-state index contributed by atoms with van der Waals surface area (Å²) in [6.45, 7) is 3.71. The van der Waals surface area contributed by atoms with Crippen LogP contribution >= 0.6 is 0 Å². The fourth-order valence-corrected chi connectivity index (χ4v) is 2.85. The van der Waals surface area contributed by atoms with Crippen molar-refractivity contribution in [2.75, 3.05) is 32.2 Å². The van der Waals surface area contributed by atoms with E-state index in [0.29, 0.717) is 42.5 Å². The molecule has 152 valence electrons. The highest BCUT2D eigenvalue weighted by Crippen LogP contribution is 2.33. The number of benzene rings is 2. The van der Waals surface area contributed by atoms with E-state index >= 15 is 0 Å². The molecule has 0 atom stereocenters. The number of amides is 2. The zero-order chi connectivity index (χ0) is 20.6. The second-order valence-corrected chi connectivity index (χ2v) is 6.32. The molecule has 0 aromatic heterocycles. The highest BCUT2D eigenvalue weighted by Gasteiger charge is 2.23. The largest absolute Gasteiger partial charge is 0.496 e. The summed E-state index contributed by atoms with van der Waals surface area (Å²) < 4.78 is 16.3. The van der Waals surface area contributed by atoms with E-state index < -0.39 is 5.91 Å². The summed E-state index contributed by atoms with van der Waals surface area (Å²) in [6.07, 6.45) is 2.36. The van der Waals surface area contributed by atoms with Gasteiger partial charge < -0.3 is 24.8 Å². The number of anilines is 1. The molecule has 2 aromatic rings. The van der Waals surface area contributed by atoms with Crippen molar-refractivity contribution in [2.45, 2.75) is 13.3 Å². The predicted octanol–water partition coefficient (Wildman–Crippen LogP) is 3.22. The number of methoxy groups -OCH3 is 1. The van der Waals surface area contributed by atoms with Gasteiger partial charge in [-0.3, -0.25) is 9.59 Å². The third-order valence-electron chi connectivity index (χ3n) is 4.31. The Labute approximate surface area is 169 Å². The van der Waals surface area contributed by atoms with Gasteiger partial charge in [0.15, 0.2) is 11.5 Å². The fraction of sp³-hybridized carbons (Fsp3) is 0.273. The van der Waals surface area contributed by atoms with Crippen molar-refractivity contribution in [1.82, 2.24) is 5.32 Å². The maximum Gasteiger partial charge on any atom is 0.291 e. The number of nitrogens with one attached hydrogen (secondary N) is 2. The van der Waals surface area contributed by atoms with Gasteiger partial charge in [-0.15, -0.1) is 0 Å². The summed E-state index contributed by atoms with van der Waals surface area (Å²) >= 11 is 0. The molecule has 3 rings (SSSR count). The molecule has 0 saturated carbocycles. The van der Waals surface area contributed by atoms with Crippen LogP contribution in [-0.2, 0) is 9.53 Å². The second kappa shape index (κ2) is 9.75. The molecule has 0 bridgehead atoms. The summed E-state index contributed by atoms with van der Waals surface area (Å²) in [5.74, 6) is 0.652. The van der Waals surface area contributed by atoms with Gasteiger partial charge in [0.05, 0.1) is 12.8 Å². The predicted molar refractivity (Wildman–Crippen MR) is 110 cm³/mol. The standard InChI is InChI=1S/C22H24N2O5/c1-3-28-12-6-11-23-21(25)16-9-10-19-17(13-16)24-22(26)20(29-19)14-15-7-4-5-8-18(15)27-2/h4-5,7-10,13-14H,3,6,11-12H2,1-2H3,(H,23,25)(H,24,26). The molecule has 0 spiro atoms. The van der Waals surface area contributed by atoms with Gasteiger partial charge in [0, 0.05) is 30.9 Å². The number of para-hydroxylation sites is 1.